The molecular formula is C10H10BrNO2S. The van der Waals surface area contributed by atoms with Crippen molar-refractivity contribution in [2.45, 2.75) is 17.9 Å². The first-order valence-electron chi connectivity index (χ1n) is 4.45. The van der Waals surface area contributed by atoms with Crippen molar-refractivity contribution in [2.24, 2.45) is 5.73 Å². The van der Waals surface area contributed by atoms with Gasteiger partial charge in [0, 0.05) is 10.5 Å². The van der Waals surface area contributed by atoms with Gasteiger partial charge in [0.2, 0.25) is 9.84 Å². The minimum absolute atomic E-state index is 0.288. The molecule has 0 amide bonds. The molecule has 0 aromatic heterocycles. The Balaban J connectivity index is 2.69. The van der Waals surface area contributed by atoms with Crippen LogP contribution in [0.4, 0.5) is 0 Å². The van der Waals surface area contributed by atoms with Crippen molar-refractivity contribution in [1.82, 2.24) is 0 Å². The molecule has 1 heterocycles. The maximum absolute atomic E-state index is 12.0. The molecule has 0 saturated carbocycles. The SMILES string of the molecule is CC(N)C1=Cc2cc(Br)ccc2S1(=O)=O. The van der Waals surface area contributed by atoms with Crippen molar-refractivity contribution < 1.29 is 8.42 Å². The minimum atomic E-state index is -3.35. The van der Waals surface area contributed by atoms with E-state index >= 15 is 0 Å². The zero-order valence-electron chi connectivity index (χ0n) is 8.07. The third-order valence-electron chi connectivity index (χ3n) is 2.32. The standard InChI is InChI=1S/C10H10BrNO2S/c1-6(12)10-5-7-4-8(11)2-3-9(7)15(10,13)14/h2-6H,12H2,1H3. The first-order valence-corrected chi connectivity index (χ1v) is 6.72. The molecule has 2 N–H and O–H groups in total. The zero-order valence-corrected chi connectivity index (χ0v) is 10.5. The number of hydrogen-bond donors (Lipinski definition) is 1. The average Bonchev–Trinajstić information content (AvgIpc) is 2.37. The van der Waals surface area contributed by atoms with Crippen LogP contribution in [0, 0.1) is 0 Å². The largest absolute Gasteiger partial charge is 0.324 e. The molecule has 0 radical (unpaired) electrons. The Morgan fingerprint density at radius 3 is 2.67 bits per heavy atom. The van der Waals surface area contributed by atoms with Crippen molar-refractivity contribution in [1.29, 1.82) is 0 Å². The van der Waals surface area contributed by atoms with Crippen LogP contribution in [0.5, 0.6) is 0 Å². The van der Waals surface area contributed by atoms with Gasteiger partial charge in [-0.3, -0.25) is 0 Å². The number of hydrogen-bond acceptors (Lipinski definition) is 3. The highest BCUT2D eigenvalue weighted by molar-refractivity contribution is 9.10. The van der Waals surface area contributed by atoms with E-state index in [-0.39, 0.29) is 4.91 Å². The molecule has 1 aromatic carbocycles. The summed E-state index contributed by atoms with van der Waals surface area (Å²) in [5.74, 6) is 0. The molecule has 0 aliphatic carbocycles. The second-order valence-corrected chi connectivity index (χ2v) is 6.35. The Morgan fingerprint density at radius 2 is 2.07 bits per heavy atom. The van der Waals surface area contributed by atoms with Crippen LogP contribution in [0.25, 0.3) is 6.08 Å². The molecule has 1 aliphatic rings. The van der Waals surface area contributed by atoms with Gasteiger partial charge < -0.3 is 5.73 Å². The van der Waals surface area contributed by atoms with Crippen LogP contribution in [0.15, 0.2) is 32.5 Å². The van der Waals surface area contributed by atoms with Crippen molar-refractivity contribution in [3.05, 3.63) is 33.1 Å². The lowest BCUT2D eigenvalue weighted by Gasteiger charge is -2.06. The average molecular weight is 288 g/mol. The van der Waals surface area contributed by atoms with Gasteiger partial charge in [-0.1, -0.05) is 15.9 Å². The number of benzene rings is 1. The summed E-state index contributed by atoms with van der Waals surface area (Å²) < 4.78 is 24.8. The van der Waals surface area contributed by atoms with Gasteiger partial charge in [0.15, 0.2) is 0 Å². The third kappa shape index (κ3) is 1.64. The van der Waals surface area contributed by atoms with Gasteiger partial charge in [0.25, 0.3) is 0 Å². The van der Waals surface area contributed by atoms with Crippen LogP contribution in [-0.4, -0.2) is 14.5 Å². The lowest BCUT2D eigenvalue weighted by molar-refractivity contribution is 0.600. The molecule has 80 valence electrons. The van der Waals surface area contributed by atoms with Gasteiger partial charge in [-0.05, 0) is 36.8 Å². The van der Waals surface area contributed by atoms with Gasteiger partial charge in [-0.15, -0.1) is 0 Å². The second kappa shape index (κ2) is 3.43. The molecule has 0 fully saturated rings. The summed E-state index contributed by atoms with van der Waals surface area (Å²) in [6, 6.07) is 4.62. The number of nitrogens with two attached hydrogens (primary N) is 1. The fourth-order valence-corrected chi connectivity index (χ4v) is 3.69. The van der Waals surface area contributed by atoms with Crippen LogP contribution in [-0.2, 0) is 9.84 Å². The molecule has 5 heteroatoms. The summed E-state index contributed by atoms with van der Waals surface area (Å²) in [5.41, 5.74) is 6.34. The Labute approximate surface area is 97.0 Å². The summed E-state index contributed by atoms with van der Waals surface area (Å²) in [6.07, 6.45) is 1.64. The zero-order chi connectivity index (χ0) is 11.2. The third-order valence-corrected chi connectivity index (χ3v) is 4.87. The predicted molar refractivity (Wildman–Crippen MR) is 63.0 cm³/mol. The van der Waals surface area contributed by atoms with Crippen LogP contribution in [0.1, 0.15) is 12.5 Å². The molecule has 0 bridgehead atoms. The first-order chi connectivity index (χ1) is 6.93. The minimum Gasteiger partial charge on any atom is -0.324 e. The van der Waals surface area contributed by atoms with E-state index in [2.05, 4.69) is 15.9 Å². The number of halogens is 1. The highest BCUT2D eigenvalue weighted by Gasteiger charge is 2.31. The fourth-order valence-electron chi connectivity index (χ4n) is 1.61. The smallest absolute Gasteiger partial charge is 0.204 e. The fraction of sp³-hybridized carbons (Fsp3) is 0.200. The van der Waals surface area contributed by atoms with E-state index in [1.807, 2.05) is 0 Å². The first kappa shape index (κ1) is 10.9. The highest BCUT2D eigenvalue weighted by atomic mass is 79.9. The van der Waals surface area contributed by atoms with E-state index in [1.54, 1.807) is 31.2 Å². The van der Waals surface area contributed by atoms with Crippen LogP contribution in [0.2, 0.25) is 0 Å². The quantitative estimate of drug-likeness (QED) is 0.859. The predicted octanol–water partition coefficient (Wildman–Crippen LogP) is 1.92. The van der Waals surface area contributed by atoms with Crippen LogP contribution in [0.3, 0.4) is 0 Å². The molecule has 2 rings (SSSR count). The number of rotatable bonds is 1. The molecule has 0 saturated heterocycles. The van der Waals surface area contributed by atoms with Gasteiger partial charge in [0.05, 0.1) is 9.80 Å². The van der Waals surface area contributed by atoms with Crippen molar-refractivity contribution in [2.75, 3.05) is 0 Å². The Morgan fingerprint density at radius 1 is 1.40 bits per heavy atom. The van der Waals surface area contributed by atoms with E-state index in [0.717, 1.165) is 4.47 Å². The van der Waals surface area contributed by atoms with Gasteiger partial charge in [0.1, 0.15) is 0 Å². The summed E-state index contributed by atoms with van der Waals surface area (Å²) >= 11 is 3.30. The topological polar surface area (TPSA) is 60.2 Å². The van der Waals surface area contributed by atoms with Crippen molar-refractivity contribution in [3.8, 4) is 0 Å². The number of sulfone groups is 1. The molecule has 1 aliphatic heterocycles. The van der Waals surface area contributed by atoms with E-state index in [9.17, 15) is 8.42 Å². The monoisotopic (exact) mass is 287 g/mol. The molecule has 0 spiro atoms. The van der Waals surface area contributed by atoms with Crippen LogP contribution >= 0.6 is 15.9 Å². The maximum Gasteiger partial charge on any atom is 0.204 e. The Hall–Kier alpha value is -0.650. The lowest BCUT2D eigenvalue weighted by Crippen LogP contribution is -2.21. The Bertz CT molecular complexity index is 547. The Kier molecular flexibility index (Phi) is 2.48. The van der Waals surface area contributed by atoms with E-state index < -0.39 is 15.9 Å². The van der Waals surface area contributed by atoms with Crippen LogP contribution < -0.4 is 5.73 Å². The van der Waals surface area contributed by atoms with Crippen molar-refractivity contribution in [3.63, 3.8) is 0 Å². The number of fused-ring (bicyclic) bond motifs is 1. The van der Waals surface area contributed by atoms with E-state index in [4.69, 9.17) is 5.73 Å². The molecule has 15 heavy (non-hydrogen) atoms. The summed E-state index contributed by atoms with van der Waals surface area (Å²) in [4.78, 5) is 0.633. The van der Waals surface area contributed by atoms with Crippen molar-refractivity contribution >= 4 is 31.8 Å². The summed E-state index contributed by atoms with van der Waals surface area (Å²) in [7, 11) is -3.35. The molecule has 1 aromatic rings. The molecule has 3 nitrogen and oxygen atoms in total. The van der Waals surface area contributed by atoms with E-state index in [0.29, 0.717) is 10.5 Å². The maximum atomic E-state index is 12.0. The second-order valence-electron chi connectivity index (χ2n) is 3.52. The summed E-state index contributed by atoms with van der Waals surface area (Å²) in [6.45, 7) is 1.67. The van der Waals surface area contributed by atoms with E-state index in [1.165, 1.54) is 0 Å². The normalized spacial score (nSPS) is 19.5. The van der Waals surface area contributed by atoms with Gasteiger partial charge >= 0.3 is 0 Å². The molecule has 1 unspecified atom stereocenters. The lowest BCUT2D eigenvalue weighted by atomic mass is 10.2. The molecule has 1 atom stereocenters. The highest BCUT2D eigenvalue weighted by Crippen LogP contribution is 2.35. The van der Waals surface area contributed by atoms with Gasteiger partial charge in [-0.2, -0.15) is 0 Å². The summed E-state index contributed by atoms with van der Waals surface area (Å²) in [5, 5.41) is 0. The van der Waals surface area contributed by atoms with Gasteiger partial charge in [-0.25, -0.2) is 8.42 Å². The molecular weight excluding hydrogens is 278 g/mol.